The molecule has 3 N–H and O–H groups in total. The lowest BCUT2D eigenvalue weighted by molar-refractivity contribution is 0.222. The van der Waals surface area contributed by atoms with Crippen molar-refractivity contribution in [2.45, 2.75) is 18.9 Å². The number of methoxy groups -OCH3 is 1. The third-order valence-corrected chi connectivity index (χ3v) is 4.56. The molecule has 1 unspecified atom stereocenters. The predicted molar refractivity (Wildman–Crippen MR) is 87.2 cm³/mol. The maximum atomic E-state index is 10.6. The van der Waals surface area contributed by atoms with Gasteiger partial charge >= 0.3 is 0 Å². The fourth-order valence-electron chi connectivity index (χ4n) is 3.23. The number of hydrogen-bond donors (Lipinski definition) is 3. The van der Waals surface area contributed by atoms with Gasteiger partial charge in [-0.3, -0.25) is 4.90 Å². The first kappa shape index (κ1) is 15.5. The van der Waals surface area contributed by atoms with Gasteiger partial charge in [0.15, 0.2) is 23.0 Å². The van der Waals surface area contributed by atoms with Gasteiger partial charge in [-0.15, -0.1) is 0 Å². The molecule has 0 saturated heterocycles. The zero-order valence-electron chi connectivity index (χ0n) is 13.3. The van der Waals surface area contributed by atoms with Gasteiger partial charge in [-0.1, -0.05) is 12.1 Å². The summed E-state index contributed by atoms with van der Waals surface area (Å²) >= 11 is 0. The van der Waals surface area contributed by atoms with Crippen LogP contribution in [0.1, 0.15) is 22.7 Å². The Kier molecular flexibility index (Phi) is 4.05. The van der Waals surface area contributed by atoms with Crippen LogP contribution in [-0.4, -0.2) is 40.9 Å². The molecule has 1 aliphatic heterocycles. The Morgan fingerprint density at radius 2 is 1.91 bits per heavy atom. The van der Waals surface area contributed by atoms with Crippen LogP contribution in [0, 0.1) is 0 Å². The van der Waals surface area contributed by atoms with Crippen molar-refractivity contribution in [2.24, 2.45) is 0 Å². The molecule has 1 heterocycles. The summed E-state index contributed by atoms with van der Waals surface area (Å²) in [5, 5.41) is 29.7. The molecule has 122 valence electrons. The minimum Gasteiger partial charge on any atom is -0.504 e. The number of nitrogens with zero attached hydrogens (tertiary/aromatic N) is 1. The van der Waals surface area contributed by atoms with Crippen LogP contribution in [0.5, 0.6) is 23.0 Å². The Bertz CT molecular complexity index is 729. The Balaban J connectivity index is 2.01. The molecule has 0 saturated carbocycles. The second kappa shape index (κ2) is 6.01. The molecule has 0 fully saturated rings. The minimum absolute atomic E-state index is 0.0159. The number of hydrogen-bond acceptors (Lipinski definition) is 5. The summed E-state index contributed by atoms with van der Waals surface area (Å²) in [6, 6.07) is 8.62. The van der Waals surface area contributed by atoms with Gasteiger partial charge in [-0.2, -0.15) is 0 Å². The van der Waals surface area contributed by atoms with E-state index in [1.54, 1.807) is 25.3 Å². The van der Waals surface area contributed by atoms with Crippen molar-refractivity contribution in [3.05, 3.63) is 47.0 Å². The fraction of sp³-hybridized carbons (Fsp3) is 0.333. The summed E-state index contributed by atoms with van der Waals surface area (Å²) in [6.45, 7) is 0.896. The second-order valence-electron chi connectivity index (χ2n) is 5.96. The number of phenolic OH excluding ortho intramolecular Hbond substituents is 3. The van der Waals surface area contributed by atoms with Gasteiger partial charge in [0.25, 0.3) is 0 Å². The Morgan fingerprint density at radius 3 is 2.61 bits per heavy atom. The lowest BCUT2D eigenvalue weighted by atomic mass is 9.88. The third-order valence-electron chi connectivity index (χ3n) is 4.56. The topological polar surface area (TPSA) is 73.2 Å². The molecule has 0 amide bonds. The molecule has 5 heteroatoms. The van der Waals surface area contributed by atoms with Crippen LogP contribution in [0.15, 0.2) is 30.3 Å². The van der Waals surface area contributed by atoms with E-state index in [-0.39, 0.29) is 23.3 Å². The highest BCUT2D eigenvalue weighted by Gasteiger charge is 2.29. The van der Waals surface area contributed by atoms with E-state index >= 15 is 0 Å². The van der Waals surface area contributed by atoms with Crippen molar-refractivity contribution in [3.8, 4) is 23.0 Å². The average Bonchev–Trinajstić information content (AvgIpc) is 2.54. The molecule has 0 radical (unpaired) electrons. The number of phenols is 3. The molecule has 0 aromatic heterocycles. The summed E-state index contributed by atoms with van der Waals surface area (Å²) in [5.74, 6) is 0.397. The molecule has 1 aliphatic rings. The Hall–Kier alpha value is -2.40. The fourth-order valence-corrected chi connectivity index (χ4v) is 3.23. The van der Waals surface area contributed by atoms with E-state index in [1.807, 2.05) is 13.1 Å². The van der Waals surface area contributed by atoms with Crippen LogP contribution >= 0.6 is 0 Å². The highest BCUT2D eigenvalue weighted by Crippen LogP contribution is 2.42. The predicted octanol–water partition coefficient (Wildman–Crippen LogP) is 2.58. The smallest absolute Gasteiger partial charge is 0.162 e. The Labute approximate surface area is 135 Å². The zero-order chi connectivity index (χ0) is 16.6. The molecule has 5 nitrogen and oxygen atoms in total. The van der Waals surface area contributed by atoms with Gasteiger partial charge in [0, 0.05) is 18.2 Å². The van der Waals surface area contributed by atoms with Gasteiger partial charge in [0.1, 0.15) is 0 Å². The summed E-state index contributed by atoms with van der Waals surface area (Å²) in [5.41, 5.74) is 2.90. The van der Waals surface area contributed by atoms with Gasteiger partial charge in [-0.05, 0) is 49.2 Å². The van der Waals surface area contributed by atoms with E-state index in [2.05, 4.69) is 4.90 Å². The minimum atomic E-state index is -0.129. The van der Waals surface area contributed by atoms with Crippen LogP contribution < -0.4 is 4.74 Å². The molecule has 0 spiro atoms. The van der Waals surface area contributed by atoms with Crippen molar-refractivity contribution in [2.75, 3.05) is 20.7 Å². The average molecular weight is 315 g/mol. The van der Waals surface area contributed by atoms with Gasteiger partial charge in [0.05, 0.1) is 7.11 Å². The zero-order valence-corrected chi connectivity index (χ0v) is 13.3. The second-order valence-corrected chi connectivity index (χ2v) is 5.96. The molecular formula is C18H21NO4. The van der Waals surface area contributed by atoms with Crippen LogP contribution in [0.25, 0.3) is 0 Å². The van der Waals surface area contributed by atoms with E-state index in [0.717, 1.165) is 29.7 Å². The van der Waals surface area contributed by atoms with Crippen molar-refractivity contribution >= 4 is 0 Å². The largest absolute Gasteiger partial charge is 0.504 e. The standard InChI is InChI=1S/C18H21NO4/c1-19-8-7-12-4-6-16(23-2)18(22)17(12)13(19)9-11-3-5-14(20)15(21)10-11/h3-6,10,13,20-22H,7-9H2,1-2H3. The number of rotatable bonds is 3. The summed E-state index contributed by atoms with van der Waals surface area (Å²) < 4.78 is 5.24. The Morgan fingerprint density at radius 1 is 1.13 bits per heavy atom. The van der Waals surface area contributed by atoms with E-state index < -0.39 is 0 Å². The maximum absolute atomic E-state index is 10.6. The lowest BCUT2D eigenvalue weighted by Crippen LogP contribution is -2.33. The molecule has 1 atom stereocenters. The maximum Gasteiger partial charge on any atom is 0.162 e. The number of benzene rings is 2. The first-order valence-electron chi connectivity index (χ1n) is 7.61. The first-order valence-corrected chi connectivity index (χ1v) is 7.61. The molecule has 3 rings (SSSR count). The van der Waals surface area contributed by atoms with Gasteiger partial charge in [0.2, 0.25) is 0 Å². The van der Waals surface area contributed by atoms with Crippen LogP contribution in [0.3, 0.4) is 0 Å². The molecule has 0 aliphatic carbocycles. The molecule has 2 aromatic carbocycles. The first-order chi connectivity index (χ1) is 11.0. The van der Waals surface area contributed by atoms with E-state index in [1.165, 1.54) is 6.07 Å². The lowest BCUT2D eigenvalue weighted by Gasteiger charge is -2.35. The number of likely N-dealkylation sites (N-methyl/N-ethyl adjacent to an activating group) is 1. The molecule has 2 aromatic rings. The monoisotopic (exact) mass is 315 g/mol. The highest BCUT2D eigenvalue weighted by atomic mass is 16.5. The van der Waals surface area contributed by atoms with Crippen molar-refractivity contribution in [3.63, 3.8) is 0 Å². The molecule has 23 heavy (non-hydrogen) atoms. The quantitative estimate of drug-likeness (QED) is 0.759. The van der Waals surface area contributed by atoms with Crippen molar-refractivity contribution in [1.82, 2.24) is 4.90 Å². The van der Waals surface area contributed by atoms with E-state index in [0.29, 0.717) is 12.2 Å². The van der Waals surface area contributed by atoms with E-state index in [4.69, 9.17) is 4.74 Å². The highest BCUT2D eigenvalue weighted by molar-refractivity contribution is 5.53. The van der Waals surface area contributed by atoms with Crippen molar-refractivity contribution in [1.29, 1.82) is 0 Å². The van der Waals surface area contributed by atoms with E-state index in [9.17, 15) is 15.3 Å². The summed E-state index contributed by atoms with van der Waals surface area (Å²) in [7, 11) is 3.56. The molecule has 0 bridgehead atoms. The number of aromatic hydroxyl groups is 3. The summed E-state index contributed by atoms with van der Waals surface area (Å²) in [6.07, 6.45) is 1.50. The van der Waals surface area contributed by atoms with Gasteiger partial charge < -0.3 is 20.1 Å². The van der Waals surface area contributed by atoms with Crippen LogP contribution in [0.2, 0.25) is 0 Å². The van der Waals surface area contributed by atoms with Gasteiger partial charge in [-0.25, -0.2) is 0 Å². The van der Waals surface area contributed by atoms with Crippen molar-refractivity contribution < 1.29 is 20.1 Å². The number of ether oxygens (including phenoxy) is 1. The summed E-state index contributed by atoms with van der Waals surface area (Å²) in [4.78, 5) is 2.19. The normalized spacial score (nSPS) is 17.7. The molecular weight excluding hydrogens is 294 g/mol. The third kappa shape index (κ3) is 2.80. The number of fused-ring (bicyclic) bond motifs is 1. The van der Waals surface area contributed by atoms with Crippen LogP contribution in [-0.2, 0) is 12.8 Å². The SMILES string of the molecule is COc1ccc2c(c1O)C(Cc1ccc(O)c(O)c1)N(C)CC2. The van der Waals surface area contributed by atoms with Crippen LogP contribution in [0.4, 0.5) is 0 Å².